The molecule has 3 aromatic heterocycles. The minimum Gasteiger partial charge on any atom is -0.337 e. The summed E-state index contributed by atoms with van der Waals surface area (Å²) in [6.45, 7) is 3.67. The molecular formula is C20H19N3O2S2. The van der Waals surface area contributed by atoms with Crippen LogP contribution in [0.15, 0.2) is 52.6 Å². The molecule has 3 heterocycles. The fourth-order valence-electron chi connectivity index (χ4n) is 3.26. The number of aromatic amines is 1. The van der Waals surface area contributed by atoms with Gasteiger partial charge >= 0.3 is 0 Å². The van der Waals surface area contributed by atoms with Gasteiger partial charge in [-0.25, -0.2) is 18.4 Å². The van der Waals surface area contributed by atoms with Crippen molar-refractivity contribution in [2.45, 2.75) is 23.8 Å². The maximum absolute atomic E-state index is 12.3. The monoisotopic (exact) mass is 397 g/mol. The van der Waals surface area contributed by atoms with E-state index < -0.39 is 9.84 Å². The standard InChI is InChI=1S/C20H19N3O2S2/c1-4-27(24,25)14-7-5-6-13(9-14)16-11-22-20(26-3)18-17(16)15-8-12(2)10-21-19(15)23-18/h5-11H,4H2,1-3H3,(H,21,23). The van der Waals surface area contributed by atoms with Crippen molar-refractivity contribution in [1.82, 2.24) is 15.0 Å². The van der Waals surface area contributed by atoms with E-state index in [1.165, 1.54) is 0 Å². The van der Waals surface area contributed by atoms with E-state index >= 15 is 0 Å². The fourth-order valence-corrected chi connectivity index (χ4v) is 4.71. The Bertz CT molecular complexity index is 1280. The van der Waals surface area contributed by atoms with Crippen LogP contribution < -0.4 is 0 Å². The van der Waals surface area contributed by atoms with E-state index in [1.807, 2.05) is 31.6 Å². The lowest BCUT2D eigenvalue weighted by Gasteiger charge is -2.09. The summed E-state index contributed by atoms with van der Waals surface area (Å²) in [6.07, 6.45) is 5.64. The Balaban J connectivity index is 2.07. The zero-order valence-corrected chi connectivity index (χ0v) is 16.9. The number of nitrogens with one attached hydrogen (secondary N) is 1. The molecule has 0 spiro atoms. The summed E-state index contributed by atoms with van der Waals surface area (Å²) in [6, 6.07) is 9.18. The number of fused-ring (bicyclic) bond motifs is 3. The van der Waals surface area contributed by atoms with Crippen molar-refractivity contribution >= 4 is 43.5 Å². The fraction of sp³-hybridized carbons (Fsp3) is 0.200. The molecule has 138 valence electrons. The summed E-state index contributed by atoms with van der Waals surface area (Å²) in [5.41, 5.74) is 4.53. The molecule has 0 unspecified atom stereocenters. The van der Waals surface area contributed by atoms with Gasteiger partial charge in [-0.15, -0.1) is 11.8 Å². The number of H-pyrrole nitrogens is 1. The molecule has 0 radical (unpaired) electrons. The van der Waals surface area contributed by atoms with Crippen molar-refractivity contribution in [2.24, 2.45) is 0 Å². The van der Waals surface area contributed by atoms with E-state index in [-0.39, 0.29) is 5.75 Å². The molecule has 0 aliphatic carbocycles. The first-order valence-electron chi connectivity index (χ1n) is 8.59. The lowest BCUT2D eigenvalue weighted by atomic mass is 10.0. The maximum Gasteiger partial charge on any atom is 0.178 e. The lowest BCUT2D eigenvalue weighted by molar-refractivity contribution is 0.597. The SMILES string of the molecule is CCS(=O)(=O)c1cccc(-c2cnc(SC)c3[nH]c4ncc(C)cc4c23)c1. The van der Waals surface area contributed by atoms with E-state index in [0.29, 0.717) is 4.90 Å². The van der Waals surface area contributed by atoms with E-state index in [1.54, 1.807) is 36.9 Å². The number of hydrogen-bond donors (Lipinski definition) is 1. The molecule has 0 aliphatic rings. The van der Waals surface area contributed by atoms with E-state index in [0.717, 1.165) is 43.7 Å². The number of pyridine rings is 2. The second kappa shape index (κ2) is 6.65. The minimum atomic E-state index is -3.28. The Hall–Kier alpha value is -2.38. The van der Waals surface area contributed by atoms with Crippen LogP contribution >= 0.6 is 11.8 Å². The van der Waals surface area contributed by atoms with Crippen LogP contribution in [0.2, 0.25) is 0 Å². The smallest absolute Gasteiger partial charge is 0.178 e. The molecule has 0 atom stereocenters. The van der Waals surface area contributed by atoms with Gasteiger partial charge in [0.15, 0.2) is 9.84 Å². The summed E-state index contributed by atoms with van der Waals surface area (Å²) >= 11 is 1.57. The third kappa shape index (κ3) is 3.00. The molecule has 4 aromatic rings. The van der Waals surface area contributed by atoms with Crippen LogP contribution in [-0.2, 0) is 9.84 Å². The van der Waals surface area contributed by atoms with Crippen LogP contribution in [0.3, 0.4) is 0 Å². The van der Waals surface area contributed by atoms with Gasteiger partial charge in [0.25, 0.3) is 0 Å². The molecule has 0 fully saturated rings. The Morgan fingerprint density at radius 1 is 1.15 bits per heavy atom. The van der Waals surface area contributed by atoms with Gasteiger partial charge in [-0.1, -0.05) is 19.1 Å². The summed E-state index contributed by atoms with van der Waals surface area (Å²) in [4.78, 5) is 12.8. The van der Waals surface area contributed by atoms with Crippen molar-refractivity contribution in [2.75, 3.05) is 12.0 Å². The number of nitrogens with zero attached hydrogens (tertiary/aromatic N) is 2. The number of sulfone groups is 1. The summed E-state index contributed by atoms with van der Waals surface area (Å²) in [7, 11) is -3.28. The molecule has 1 aromatic carbocycles. The van der Waals surface area contributed by atoms with Crippen molar-refractivity contribution < 1.29 is 8.42 Å². The second-order valence-corrected chi connectivity index (χ2v) is 9.47. The quantitative estimate of drug-likeness (QED) is 0.509. The third-order valence-corrected chi connectivity index (χ3v) is 7.09. The van der Waals surface area contributed by atoms with Crippen molar-refractivity contribution in [3.63, 3.8) is 0 Å². The minimum absolute atomic E-state index is 0.0751. The molecule has 27 heavy (non-hydrogen) atoms. The summed E-state index contributed by atoms with van der Waals surface area (Å²) in [5.74, 6) is 0.0751. The highest BCUT2D eigenvalue weighted by Gasteiger charge is 2.18. The first-order chi connectivity index (χ1) is 12.9. The molecule has 0 saturated heterocycles. The summed E-state index contributed by atoms with van der Waals surface area (Å²) in [5, 5.41) is 2.93. The number of hydrogen-bond acceptors (Lipinski definition) is 5. The maximum atomic E-state index is 12.3. The average molecular weight is 398 g/mol. The Morgan fingerprint density at radius 3 is 2.70 bits per heavy atom. The van der Waals surface area contributed by atoms with Crippen LogP contribution in [0.1, 0.15) is 12.5 Å². The van der Waals surface area contributed by atoms with Crippen LogP contribution in [0, 0.1) is 6.92 Å². The number of thioether (sulfide) groups is 1. The van der Waals surface area contributed by atoms with Crippen molar-refractivity contribution in [3.8, 4) is 11.1 Å². The van der Waals surface area contributed by atoms with E-state index in [4.69, 9.17) is 0 Å². The van der Waals surface area contributed by atoms with Crippen LogP contribution in [0.4, 0.5) is 0 Å². The largest absolute Gasteiger partial charge is 0.337 e. The third-order valence-electron chi connectivity index (χ3n) is 4.66. The predicted molar refractivity (Wildman–Crippen MR) is 111 cm³/mol. The van der Waals surface area contributed by atoms with Gasteiger partial charge in [0.05, 0.1) is 16.2 Å². The van der Waals surface area contributed by atoms with Crippen molar-refractivity contribution in [1.29, 1.82) is 0 Å². The first kappa shape index (κ1) is 18.0. The Morgan fingerprint density at radius 2 is 1.96 bits per heavy atom. The van der Waals surface area contributed by atoms with Gasteiger partial charge in [0.2, 0.25) is 0 Å². The van der Waals surface area contributed by atoms with Gasteiger partial charge in [0.1, 0.15) is 10.7 Å². The molecule has 4 rings (SSSR count). The van der Waals surface area contributed by atoms with Gasteiger partial charge in [-0.05, 0) is 42.5 Å². The molecule has 0 amide bonds. The number of aryl methyl sites for hydroxylation is 1. The lowest BCUT2D eigenvalue weighted by Crippen LogP contribution is -2.03. The van der Waals surface area contributed by atoms with Gasteiger partial charge in [-0.2, -0.15) is 0 Å². The molecule has 0 saturated carbocycles. The van der Waals surface area contributed by atoms with Gasteiger partial charge in [0, 0.05) is 28.7 Å². The number of aromatic nitrogens is 3. The second-order valence-electron chi connectivity index (χ2n) is 6.40. The molecule has 7 heteroatoms. The average Bonchev–Trinajstić information content (AvgIpc) is 3.06. The highest BCUT2D eigenvalue weighted by molar-refractivity contribution is 7.98. The molecule has 1 N–H and O–H groups in total. The predicted octanol–water partition coefficient (Wildman–Crippen LogP) is 4.60. The zero-order chi connectivity index (χ0) is 19.2. The molecule has 5 nitrogen and oxygen atoms in total. The van der Waals surface area contributed by atoms with Gasteiger partial charge in [-0.3, -0.25) is 0 Å². The summed E-state index contributed by atoms with van der Waals surface area (Å²) < 4.78 is 24.6. The normalized spacial score (nSPS) is 12.1. The Kier molecular flexibility index (Phi) is 4.44. The number of benzene rings is 1. The molecule has 0 aliphatic heterocycles. The number of rotatable bonds is 4. The Labute approximate surface area is 162 Å². The molecule has 0 bridgehead atoms. The highest BCUT2D eigenvalue weighted by Crippen LogP contribution is 2.37. The topological polar surface area (TPSA) is 75.7 Å². The molecular weight excluding hydrogens is 378 g/mol. The van der Waals surface area contributed by atoms with Crippen LogP contribution in [0.5, 0.6) is 0 Å². The van der Waals surface area contributed by atoms with Crippen LogP contribution in [0.25, 0.3) is 33.1 Å². The zero-order valence-electron chi connectivity index (χ0n) is 15.3. The van der Waals surface area contributed by atoms with Crippen LogP contribution in [-0.4, -0.2) is 35.4 Å². The van der Waals surface area contributed by atoms with E-state index in [9.17, 15) is 8.42 Å². The first-order valence-corrected chi connectivity index (χ1v) is 11.5. The van der Waals surface area contributed by atoms with Crippen molar-refractivity contribution in [3.05, 3.63) is 48.3 Å². The van der Waals surface area contributed by atoms with Gasteiger partial charge < -0.3 is 4.98 Å². The highest BCUT2D eigenvalue weighted by atomic mass is 32.2. The van der Waals surface area contributed by atoms with E-state index in [2.05, 4.69) is 21.0 Å².